The molecule has 1 aliphatic heterocycles. The van der Waals surface area contributed by atoms with Crippen LogP contribution in [0.15, 0.2) is 12.4 Å². The third-order valence-corrected chi connectivity index (χ3v) is 3.59. The molecule has 4 heteroatoms. The normalized spacial score (nSPS) is 21.0. The van der Waals surface area contributed by atoms with Crippen molar-refractivity contribution in [3.63, 3.8) is 0 Å². The van der Waals surface area contributed by atoms with E-state index in [9.17, 15) is 0 Å². The van der Waals surface area contributed by atoms with Gasteiger partial charge in [0.05, 0.1) is 6.20 Å². The van der Waals surface area contributed by atoms with Crippen molar-refractivity contribution < 1.29 is 0 Å². The maximum Gasteiger partial charge on any atom is 0.0534 e. The maximum absolute atomic E-state index is 4.34. The second-order valence-corrected chi connectivity index (χ2v) is 4.77. The van der Waals surface area contributed by atoms with E-state index in [-0.39, 0.29) is 0 Å². The first kappa shape index (κ1) is 12.6. The van der Waals surface area contributed by atoms with Gasteiger partial charge in [-0.1, -0.05) is 6.92 Å². The number of aromatic nitrogens is 2. The largest absolute Gasteiger partial charge is 0.315 e. The van der Waals surface area contributed by atoms with E-state index in [4.69, 9.17) is 0 Å². The molecule has 0 aliphatic carbocycles. The molecule has 1 unspecified atom stereocenters. The molecule has 0 radical (unpaired) electrons. The Bertz CT molecular complexity index is 328. The van der Waals surface area contributed by atoms with Crippen LogP contribution in [0.5, 0.6) is 0 Å². The molecule has 1 N–H and O–H groups in total. The van der Waals surface area contributed by atoms with Gasteiger partial charge in [-0.05, 0) is 32.9 Å². The van der Waals surface area contributed by atoms with Crippen LogP contribution in [0.3, 0.4) is 0 Å². The lowest BCUT2D eigenvalue weighted by atomic mass is 10.1. The van der Waals surface area contributed by atoms with Gasteiger partial charge in [0, 0.05) is 37.4 Å². The summed E-state index contributed by atoms with van der Waals surface area (Å²) in [5, 5.41) is 7.83. The van der Waals surface area contributed by atoms with Gasteiger partial charge in [-0.25, -0.2) is 0 Å². The van der Waals surface area contributed by atoms with Gasteiger partial charge in [-0.3, -0.25) is 9.58 Å². The summed E-state index contributed by atoms with van der Waals surface area (Å²) in [4.78, 5) is 2.56. The van der Waals surface area contributed by atoms with Crippen LogP contribution in [0.4, 0.5) is 0 Å². The second-order valence-electron chi connectivity index (χ2n) is 4.77. The van der Waals surface area contributed by atoms with Gasteiger partial charge in [-0.15, -0.1) is 0 Å². The number of likely N-dealkylation sites (N-methyl/N-ethyl adjacent to an activating group) is 1. The zero-order valence-corrected chi connectivity index (χ0v) is 11.0. The monoisotopic (exact) mass is 236 g/mol. The van der Waals surface area contributed by atoms with Crippen LogP contribution in [-0.4, -0.2) is 40.4 Å². The van der Waals surface area contributed by atoms with E-state index in [1.54, 1.807) is 0 Å². The van der Waals surface area contributed by atoms with Crippen molar-refractivity contribution in [1.82, 2.24) is 20.0 Å². The van der Waals surface area contributed by atoms with Crippen molar-refractivity contribution >= 4 is 0 Å². The topological polar surface area (TPSA) is 33.1 Å². The van der Waals surface area contributed by atoms with Gasteiger partial charge in [0.2, 0.25) is 0 Å². The third-order valence-electron chi connectivity index (χ3n) is 3.59. The van der Waals surface area contributed by atoms with E-state index in [2.05, 4.69) is 35.4 Å². The summed E-state index contributed by atoms with van der Waals surface area (Å²) in [6.45, 7) is 9.79. The van der Waals surface area contributed by atoms with Crippen molar-refractivity contribution in [3.05, 3.63) is 18.0 Å². The van der Waals surface area contributed by atoms with Crippen molar-refractivity contribution in [3.8, 4) is 0 Å². The van der Waals surface area contributed by atoms with Crippen LogP contribution >= 0.6 is 0 Å². The molecule has 2 rings (SSSR count). The molecular weight excluding hydrogens is 212 g/mol. The Kier molecular flexibility index (Phi) is 4.57. The number of hydrogen-bond donors (Lipinski definition) is 1. The summed E-state index contributed by atoms with van der Waals surface area (Å²) in [5.41, 5.74) is 1.33. The predicted molar refractivity (Wildman–Crippen MR) is 69.9 cm³/mol. The fourth-order valence-corrected chi connectivity index (χ4v) is 2.54. The van der Waals surface area contributed by atoms with Gasteiger partial charge in [0.15, 0.2) is 0 Å². The highest BCUT2D eigenvalue weighted by molar-refractivity contribution is 5.04. The van der Waals surface area contributed by atoms with Gasteiger partial charge in [0.25, 0.3) is 0 Å². The number of piperidine rings is 1. The minimum absolute atomic E-state index is 0.693. The fourth-order valence-electron chi connectivity index (χ4n) is 2.54. The van der Waals surface area contributed by atoms with E-state index in [0.717, 1.165) is 26.2 Å². The van der Waals surface area contributed by atoms with E-state index >= 15 is 0 Å². The van der Waals surface area contributed by atoms with Crippen LogP contribution < -0.4 is 5.32 Å². The fraction of sp³-hybridized carbons (Fsp3) is 0.769. The lowest BCUT2D eigenvalue weighted by molar-refractivity contribution is 0.166. The van der Waals surface area contributed by atoms with Gasteiger partial charge in [0.1, 0.15) is 0 Å². The Morgan fingerprint density at radius 2 is 2.41 bits per heavy atom. The Morgan fingerprint density at radius 3 is 3.00 bits per heavy atom. The molecule has 0 saturated carbocycles. The van der Waals surface area contributed by atoms with Crippen molar-refractivity contribution in [1.29, 1.82) is 0 Å². The van der Waals surface area contributed by atoms with E-state index in [1.807, 2.05) is 10.9 Å². The lowest BCUT2D eigenvalue weighted by Gasteiger charge is -2.33. The summed E-state index contributed by atoms with van der Waals surface area (Å²) in [7, 11) is 0. The van der Waals surface area contributed by atoms with Gasteiger partial charge in [-0.2, -0.15) is 5.10 Å². The van der Waals surface area contributed by atoms with Gasteiger partial charge >= 0.3 is 0 Å². The Morgan fingerprint density at radius 1 is 1.53 bits per heavy atom. The molecule has 0 aromatic carbocycles. The van der Waals surface area contributed by atoms with Crippen molar-refractivity contribution in [2.24, 2.45) is 0 Å². The smallest absolute Gasteiger partial charge is 0.0534 e. The van der Waals surface area contributed by atoms with Crippen LogP contribution in [0, 0.1) is 0 Å². The molecule has 96 valence electrons. The minimum atomic E-state index is 0.693. The molecular formula is C13H24N4. The number of nitrogens with zero attached hydrogens (tertiary/aromatic N) is 3. The minimum Gasteiger partial charge on any atom is -0.315 e. The Balaban J connectivity index is 1.93. The molecule has 17 heavy (non-hydrogen) atoms. The third kappa shape index (κ3) is 3.30. The molecule has 1 saturated heterocycles. The molecule has 1 aromatic rings. The quantitative estimate of drug-likeness (QED) is 0.840. The number of nitrogens with one attached hydrogen (secondary N) is 1. The zero-order valence-electron chi connectivity index (χ0n) is 11.0. The molecule has 4 nitrogen and oxygen atoms in total. The first-order valence-corrected chi connectivity index (χ1v) is 6.79. The summed E-state index contributed by atoms with van der Waals surface area (Å²) in [6.07, 6.45) is 6.79. The Hall–Kier alpha value is -0.870. The number of hydrogen-bond acceptors (Lipinski definition) is 3. The molecule has 0 spiro atoms. The van der Waals surface area contributed by atoms with Crippen molar-refractivity contribution in [2.45, 2.75) is 45.8 Å². The van der Waals surface area contributed by atoms with Crippen molar-refractivity contribution in [2.75, 3.05) is 19.6 Å². The average molecular weight is 236 g/mol. The lowest BCUT2D eigenvalue weighted by Crippen LogP contribution is -2.45. The highest BCUT2D eigenvalue weighted by Gasteiger charge is 2.19. The van der Waals surface area contributed by atoms with Crippen LogP contribution in [0.2, 0.25) is 0 Å². The second kappa shape index (κ2) is 6.17. The average Bonchev–Trinajstić information content (AvgIpc) is 2.84. The van der Waals surface area contributed by atoms with Crippen LogP contribution in [-0.2, 0) is 13.1 Å². The highest BCUT2D eigenvalue weighted by Crippen LogP contribution is 2.13. The zero-order chi connectivity index (χ0) is 12.1. The SMILES string of the molecule is CCN(Cc1cnn(CC)c1)C1CCCNC1. The molecule has 2 heterocycles. The highest BCUT2D eigenvalue weighted by atomic mass is 15.3. The predicted octanol–water partition coefficient (Wildman–Crippen LogP) is 1.48. The van der Waals surface area contributed by atoms with E-state index in [0.29, 0.717) is 6.04 Å². The molecule has 1 aromatic heterocycles. The molecule has 0 amide bonds. The van der Waals surface area contributed by atoms with E-state index < -0.39 is 0 Å². The first-order valence-electron chi connectivity index (χ1n) is 6.79. The van der Waals surface area contributed by atoms with Crippen LogP contribution in [0.25, 0.3) is 0 Å². The standard InChI is InChI=1S/C13H24N4/c1-3-16(13-6-5-7-14-9-13)10-12-8-15-17(4-2)11-12/h8,11,13-14H,3-7,9-10H2,1-2H3. The maximum atomic E-state index is 4.34. The molecule has 0 bridgehead atoms. The summed E-state index contributed by atoms with van der Waals surface area (Å²) >= 11 is 0. The number of aryl methyl sites for hydroxylation is 1. The van der Waals surface area contributed by atoms with Crippen LogP contribution in [0.1, 0.15) is 32.3 Å². The number of rotatable bonds is 5. The summed E-state index contributed by atoms with van der Waals surface area (Å²) in [5.74, 6) is 0. The Labute approximate surface area is 104 Å². The first-order chi connectivity index (χ1) is 8.33. The van der Waals surface area contributed by atoms with Gasteiger partial charge < -0.3 is 5.32 Å². The van der Waals surface area contributed by atoms with E-state index in [1.165, 1.54) is 24.9 Å². The molecule has 1 atom stereocenters. The molecule has 1 fully saturated rings. The molecule has 1 aliphatic rings. The summed E-state index contributed by atoms with van der Waals surface area (Å²) < 4.78 is 2.00. The summed E-state index contributed by atoms with van der Waals surface area (Å²) in [6, 6.07) is 0.693.